The maximum Gasteiger partial charge on any atom is 0.0468 e. The van der Waals surface area contributed by atoms with Crippen LogP contribution in [0.25, 0.3) is 0 Å². The van der Waals surface area contributed by atoms with Crippen LogP contribution in [-0.4, -0.2) is 64.4 Å². The van der Waals surface area contributed by atoms with E-state index in [2.05, 4.69) is 116 Å². The Kier molecular flexibility index (Phi) is 69.4. The van der Waals surface area contributed by atoms with E-state index in [9.17, 15) is 0 Å². The smallest absolute Gasteiger partial charge is 0.0468 e. The highest BCUT2D eigenvalue weighted by atomic mass is 32.2. The summed E-state index contributed by atoms with van der Waals surface area (Å²) in [4.78, 5) is 0. The molecule has 0 aromatic heterocycles. The molecule has 0 saturated carbocycles. The van der Waals surface area contributed by atoms with Crippen LogP contribution in [0.4, 0.5) is 0 Å². The fraction of sp³-hybridized carbons (Fsp3) is 1.00. The summed E-state index contributed by atoms with van der Waals surface area (Å²) in [5.41, 5.74) is 0. The van der Waals surface area contributed by atoms with Crippen molar-refractivity contribution in [2.45, 2.75) is 175 Å². The van der Waals surface area contributed by atoms with Gasteiger partial charge >= 0.3 is 0 Å². The van der Waals surface area contributed by atoms with Gasteiger partial charge in [-0.2, -0.15) is 11.8 Å². The minimum absolute atomic E-state index is 0. The Morgan fingerprint density at radius 3 is 0.739 bits per heavy atom. The molecular weight excluding hydrogens is 589 g/mol. The number of thioether (sulfide) groups is 1. The molecular formula is C41H94O4S. The molecule has 0 fully saturated rings. The van der Waals surface area contributed by atoms with Crippen molar-refractivity contribution in [2.75, 3.05) is 64.4 Å². The van der Waals surface area contributed by atoms with E-state index in [0.717, 1.165) is 108 Å². The highest BCUT2D eigenvalue weighted by molar-refractivity contribution is 7.99. The number of rotatable bonds is 25. The quantitative estimate of drug-likeness (QED) is 0.0896. The third-order valence-electron chi connectivity index (χ3n) is 5.94. The predicted octanol–water partition coefficient (Wildman–Crippen LogP) is 13.6. The molecule has 0 aromatic rings. The lowest BCUT2D eigenvalue weighted by molar-refractivity contribution is 0.124. The molecule has 288 valence electrons. The van der Waals surface area contributed by atoms with E-state index in [4.69, 9.17) is 18.9 Å². The third kappa shape index (κ3) is 90.4. The van der Waals surface area contributed by atoms with E-state index < -0.39 is 0 Å². The van der Waals surface area contributed by atoms with Crippen LogP contribution in [0, 0.1) is 29.6 Å². The monoisotopic (exact) mass is 683 g/mol. The van der Waals surface area contributed by atoms with Crippen molar-refractivity contribution < 1.29 is 18.9 Å². The molecule has 5 heteroatoms. The van der Waals surface area contributed by atoms with Crippen molar-refractivity contribution in [1.82, 2.24) is 0 Å². The summed E-state index contributed by atoms with van der Waals surface area (Å²) in [5, 5.41) is 0. The summed E-state index contributed by atoms with van der Waals surface area (Å²) < 4.78 is 21.2. The van der Waals surface area contributed by atoms with Crippen LogP contribution in [0.15, 0.2) is 0 Å². The van der Waals surface area contributed by atoms with Crippen LogP contribution in [0.5, 0.6) is 0 Å². The topological polar surface area (TPSA) is 36.9 Å². The normalized spacial score (nSPS) is 10.4. The fourth-order valence-electron chi connectivity index (χ4n) is 2.83. The molecule has 0 bridgehead atoms. The van der Waals surface area contributed by atoms with Gasteiger partial charge in [0.1, 0.15) is 0 Å². The Morgan fingerprint density at radius 1 is 0.326 bits per heavy atom. The molecule has 0 aromatic carbocycles. The van der Waals surface area contributed by atoms with Crippen molar-refractivity contribution >= 4 is 11.8 Å². The number of hydrogen-bond acceptors (Lipinski definition) is 5. The van der Waals surface area contributed by atoms with E-state index in [1.54, 1.807) is 0 Å². The number of hydrogen-bond donors (Lipinski definition) is 0. The van der Waals surface area contributed by atoms with Crippen LogP contribution < -0.4 is 0 Å². The van der Waals surface area contributed by atoms with E-state index in [1.807, 2.05) is 0 Å². The first kappa shape index (κ1) is 58.4. The van der Waals surface area contributed by atoms with Gasteiger partial charge in [0, 0.05) is 52.9 Å². The molecule has 0 aliphatic rings. The third-order valence-corrected chi connectivity index (χ3v) is 7.16. The lowest BCUT2D eigenvalue weighted by Gasteiger charge is -2.03. The highest BCUT2D eigenvalue weighted by Gasteiger charge is 1.94. The summed E-state index contributed by atoms with van der Waals surface area (Å²) in [6.07, 6.45) is 12.0. The summed E-state index contributed by atoms with van der Waals surface area (Å²) in [5.74, 6) is 6.69. The first-order chi connectivity index (χ1) is 21.4. The predicted molar refractivity (Wildman–Crippen MR) is 216 cm³/mol. The summed E-state index contributed by atoms with van der Waals surface area (Å²) in [6.45, 7) is 40.5. The fourth-order valence-corrected chi connectivity index (χ4v) is 3.96. The van der Waals surface area contributed by atoms with Crippen molar-refractivity contribution in [3.8, 4) is 0 Å². The van der Waals surface area contributed by atoms with Crippen LogP contribution in [0.3, 0.4) is 0 Å². The average molecular weight is 683 g/mol. The molecule has 0 radical (unpaired) electrons. The zero-order chi connectivity index (χ0) is 35.6. The van der Waals surface area contributed by atoms with E-state index in [-0.39, 0.29) is 7.43 Å². The summed E-state index contributed by atoms with van der Waals surface area (Å²) >= 11 is 2.08. The number of ether oxygens (including phenoxy) is 4. The summed E-state index contributed by atoms with van der Waals surface area (Å²) in [6, 6.07) is 0. The molecule has 0 atom stereocenters. The SMILES string of the molecule is C.CCCOCCC(C)C.CCCOCCC(C)C.CCCOCCC(C)C.CCCOCCC(C)C.CCCSCCC(C)C. The summed E-state index contributed by atoms with van der Waals surface area (Å²) in [7, 11) is 0. The van der Waals surface area contributed by atoms with Crippen LogP contribution >= 0.6 is 11.8 Å². The molecule has 0 amide bonds. The molecule has 0 unspecified atom stereocenters. The molecule has 46 heavy (non-hydrogen) atoms. The molecule has 0 N–H and O–H groups in total. The van der Waals surface area contributed by atoms with Crippen LogP contribution in [-0.2, 0) is 18.9 Å². The molecule has 0 spiro atoms. The van der Waals surface area contributed by atoms with Gasteiger partial charge in [0.25, 0.3) is 0 Å². The van der Waals surface area contributed by atoms with E-state index in [1.165, 1.54) is 50.0 Å². The standard InChI is InChI=1S/4C8H18O.C8H18S.CH4/c5*1-4-6-9-7-5-8(2)3;/h5*8H,4-7H2,1-3H3;1H4. The molecule has 0 aliphatic carbocycles. The lowest BCUT2D eigenvalue weighted by Crippen LogP contribution is -1.99. The second kappa shape index (κ2) is 54.6. The van der Waals surface area contributed by atoms with Gasteiger partial charge in [-0.25, -0.2) is 0 Å². The molecule has 0 rings (SSSR count). The Labute approximate surface area is 299 Å². The minimum atomic E-state index is 0. The van der Waals surface area contributed by atoms with Crippen molar-refractivity contribution in [2.24, 2.45) is 29.6 Å². The Balaban J connectivity index is -0.000000108. The van der Waals surface area contributed by atoms with Gasteiger partial charge in [0.05, 0.1) is 0 Å². The Hall–Kier alpha value is 0.190. The first-order valence-electron chi connectivity index (χ1n) is 19.2. The highest BCUT2D eigenvalue weighted by Crippen LogP contribution is 2.09. The second-order valence-electron chi connectivity index (χ2n) is 14.0. The van der Waals surface area contributed by atoms with Crippen molar-refractivity contribution in [1.29, 1.82) is 0 Å². The molecule has 0 aliphatic heterocycles. The van der Waals surface area contributed by atoms with E-state index in [0.29, 0.717) is 0 Å². The van der Waals surface area contributed by atoms with Gasteiger partial charge < -0.3 is 18.9 Å². The maximum atomic E-state index is 5.29. The first-order valence-corrected chi connectivity index (χ1v) is 20.4. The van der Waals surface area contributed by atoms with Crippen molar-refractivity contribution in [3.63, 3.8) is 0 Å². The van der Waals surface area contributed by atoms with E-state index >= 15 is 0 Å². The zero-order valence-electron chi connectivity index (χ0n) is 34.1. The molecule has 0 heterocycles. The van der Waals surface area contributed by atoms with Gasteiger partial charge in [0.2, 0.25) is 0 Å². The van der Waals surface area contributed by atoms with Gasteiger partial charge in [-0.05, 0) is 105 Å². The maximum absolute atomic E-state index is 5.29. The molecule has 0 saturated heterocycles. The Morgan fingerprint density at radius 2 is 0.565 bits per heavy atom. The van der Waals surface area contributed by atoms with Crippen LogP contribution in [0.2, 0.25) is 0 Å². The van der Waals surface area contributed by atoms with Gasteiger partial charge in [-0.1, -0.05) is 111 Å². The molecule has 4 nitrogen and oxygen atoms in total. The van der Waals surface area contributed by atoms with Gasteiger partial charge in [0.15, 0.2) is 0 Å². The van der Waals surface area contributed by atoms with Crippen molar-refractivity contribution in [3.05, 3.63) is 0 Å². The van der Waals surface area contributed by atoms with Crippen LogP contribution in [0.1, 0.15) is 175 Å². The Bertz CT molecular complexity index is 349. The van der Waals surface area contributed by atoms with Gasteiger partial charge in [-0.3, -0.25) is 0 Å². The lowest BCUT2D eigenvalue weighted by atomic mass is 10.1. The van der Waals surface area contributed by atoms with Gasteiger partial charge in [-0.15, -0.1) is 0 Å². The zero-order valence-corrected chi connectivity index (χ0v) is 34.9. The minimum Gasteiger partial charge on any atom is -0.381 e. The largest absolute Gasteiger partial charge is 0.381 e. The average Bonchev–Trinajstić information content (AvgIpc) is 2.97. The second-order valence-corrected chi connectivity index (χ2v) is 15.2.